The Kier molecular flexibility index (Phi) is 6.52. The van der Waals surface area contributed by atoms with Gasteiger partial charge in [0.05, 0.1) is 18.2 Å². The number of nitrogens with zero attached hydrogens (tertiary/aromatic N) is 1. The third-order valence-electron chi connectivity index (χ3n) is 4.64. The molecule has 0 spiro atoms. The minimum absolute atomic E-state index is 0.145. The molecule has 0 aromatic carbocycles. The van der Waals surface area contributed by atoms with Gasteiger partial charge in [0, 0.05) is 0 Å². The topological polar surface area (TPSA) is 221 Å². The van der Waals surface area contributed by atoms with E-state index in [1.165, 1.54) is 0 Å². The van der Waals surface area contributed by atoms with Crippen molar-refractivity contribution in [3.8, 4) is 0 Å². The van der Waals surface area contributed by atoms with Gasteiger partial charge in [-0.25, -0.2) is 4.79 Å². The highest BCUT2D eigenvalue weighted by Gasteiger charge is 2.50. The van der Waals surface area contributed by atoms with Gasteiger partial charge < -0.3 is 51.6 Å². The number of amidine groups is 1. The van der Waals surface area contributed by atoms with Crippen LogP contribution >= 0.6 is 0 Å². The summed E-state index contributed by atoms with van der Waals surface area (Å²) in [6, 6.07) is -1.46. The Morgan fingerprint density at radius 3 is 2.08 bits per heavy atom. The summed E-state index contributed by atoms with van der Waals surface area (Å²) in [6.45, 7) is 1.59. The first kappa shape index (κ1) is 20.9. The van der Waals surface area contributed by atoms with Crippen molar-refractivity contribution in [3.63, 3.8) is 0 Å². The van der Waals surface area contributed by atoms with Crippen LogP contribution in [0.1, 0.15) is 13.3 Å². The van der Waals surface area contributed by atoms with Gasteiger partial charge in [-0.3, -0.25) is 4.99 Å². The van der Waals surface area contributed by atoms with Gasteiger partial charge in [-0.2, -0.15) is 0 Å². The molecule has 26 heavy (non-hydrogen) atoms. The van der Waals surface area contributed by atoms with E-state index < -0.39 is 72.9 Å². The van der Waals surface area contributed by atoms with Crippen LogP contribution in [0, 0.1) is 0 Å². The molecule has 0 amide bonds. The van der Waals surface area contributed by atoms with Crippen molar-refractivity contribution in [3.05, 3.63) is 0 Å². The van der Waals surface area contributed by atoms with E-state index in [9.17, 15) is 30.3 Å². The Balaban J connectivity index is 2.07. The van der Waals surface area contributed by atoms with Crippen LogP contribution in [0.25, 0.3) is 0 Å². The highest BCUT2D eigenvalue weighted by Crippen LogP contribution is 2.29. The maximum atomic E-state index is 10.8. The van der Waals surface area contributed by atoms with Gasteiger partial charge in [0.2, 0.25) is 5.84 Å². The molecule has 2 unspecified atom stereocenters. The summed E-state index contributed by atoms with van der Waals surface area (Å²) in [5, 5.41) is 57.8. The quantitative estimate of drug-likeness (QED) is 0.172. The fourth-order valence-electron chi connectivity index (χ4n) is 3.02. The number of hydrogen-bond donors (Lipinski definition) is 8. The van der Waals surface area contributed by atoms with Gasteiger partial charge in [0.25, 0.3) is 0 Å². The number of carbonyl (C=O) groups is 1. The van der Waals surface area contributed by atoms with Crippen LogP contribution in [0.15, 0.2) is 4.99 Å². The van der Waals surface area contributed by atoms with E-state index in [1.807, 2.05) is 0 Å². The monoisotopic (exact) mass is 379 g/mol. The molecule has 150 valence electrons. The second kappa shape index (κ2) is 8.10. The molecule has 0 aromatic heterocycles. The zero-order chi connectivity index (χ0) is 19.8. The van der Waals surface area contributed by atoms with E-state index in [0.29, 0.717) is 0 Å². The van der Waals surface area contributed by atoms with Gasteiger partial charge >= 0.3 is 5.97 Å². The number of aliphatic hydroxyl groups is 5. The fraction of sp³-hybridized carbons (Fsp3) is 0.857. The second-order valence-corrected chi connectivity index (χ2v) is 6.55. The van der Waals surface area contributed by atoms with Crippen molar-refractivity contribution in [2.75, 3.05) is 0 Å². The van der Waals surface area contributed by atoms with E-state index in [-0.39, 0.29) is 6.42 Å². The molecule has 0 bridgehead atoms. The average Bonchev–Trinajstić information content (AvgIpc) is 2.58. The van der Waals surface area contributed by atoms with Gasteiger partial charge in [-0.1, -0.05) is 0 Å². The van der Waals surface area contributed by atoms with Crippen molar-refractivity contribution in [2.24, 2.45) is 16.5 Å². The summed E-state index contributed by atoms with van der Waals surface area (Å²) in [4.78, 5) is 14.6. The minimum Gasteiger partial charge on any atom is -0.475 e. The lowest BCUT2D eigenvalue weighted by molar-refractivity contribution is -0.293. The number of aliphatic carboxylic acids is 1. The van der Waals surface area contributed by atoms with E-state index >= 15 is 0 Å². The Hall–Kier alpha value is -1.38. The maximum absolute atomic E-state index is 10.8. The average molecular weight is 379 g/mol. The summed E-state index contributed by atoms with van der Waals surface area (Å²) < 4.78 is 11.0. The van der Waals surface area contributed by atoms with Crippen LogP contribution in [-0.2, 0) is 14.3 Å². The van der Waals surface area contributed by atoms with Crippen molar-refractivity contribution in [1.29, 1.82) is 0 Å². The zero-order valence-corrected chi connectivity index (χ0v) is 14.0. The summed E-state index contributed by atoms with van der Waals surface area (Å²) >= 11 is 0. The van der Waals surface area contributed by atoms with Crippen molar-refractivity contribution >= 4 is 11.8 Å². The van der Waals surface area contributed by atoms with Crippen LogP contribution in [0.4, 0.5) is 0 Å². The summed E-state index contributed by atoms with van der Waals surface area (Å²) in [6.07, 6.45) is -11.7. The molecule has 0 radical (unpaired) electrons. The summed E-state index contributed by atoms with van der Waals surface area (Å²) in [5.41, 5.74) is 11.2. The Labute approximate surface area is 148 Å². The first-order valence-electron chi connectivity index (χ1n) is 8.08. The van der Waals surface area contributed by atoms with Crippen molar-refractivity contribution in [2.45, 2.75) is 74.4 Å². The van der Waals surface area contributed by atoms with Crippen molar-refractivity contribution < 1.29 is 44.9 Å². The maximum Gasteiger partial charge on any atom is 0.370 e. The molecule has 12 nitrogen and oxygen atoms in total. The molecule has 2 aliphatic rings. The predicted octanol–water partition coefficient (Wildman–Crippen LogP) is -4.54. The number of aliphatic hydroxyl groups excluding tert-OH is 5. The molecule has 1 saturated carbocycles. The lowest BCUT2D eigenvalue weighted by Crippen LogP contribution is -2.66. The SMILES string of the molecule is C[C@H]1O[C@@H](OC2[C@@H](O)[C@H](O)C(O)[C@H](O)[C@@H]2O)[C@@H](N)C[C@@H]1N=C(N)C(=O)O. The lowest BCUT2D eigenvalue weighted by Gasteiger charge is -2.45. The number of nitrogens with two attached hydrogens (primary N) is 2. The highest BCUT2D eigenvalue weighted by molar-refractivity contribution is 6.33. The zero-order valence-electron chi connectivity index (χ0n) is 14.0. The number of rotatable bonds is 3. The molecule has 1 aliphatic heterocycles. The number of aliphatic imine (C=N–C) groups is 1. The molecular weight excluding hydrogens is 354 g/mol. The van der Waals surface area contributed by atoms with E-state index in [4.69, 9.17) is 26.0 Å². The smallest absolute Gasteiger partial charge is 0.370 e. The lowest BCUT2D eigenvalue weighted by atomic mass is 9.84. The van der Waals surface area contributed by atoms with Gasteiger partial charge in [0.15, 0.2) is 6.29 Å². The highest BCUT2D eigenvalue weighted by atomic mass is 16.7. The number of carboxylic acid groups (broad SMARTS) is 1. The van der Waals surface area contributed by atoms with Crippen LogP contribution in [0.2, 0.25) is 0 Å². The van der Waals surface area contributed by atoms with E-state index in [0.717, 1.165) is 0 Å². The number of carboxylic acids is 1. The third-order valence-corrected chi connectivity index (χ3v) is 4.64. The third kappa shape index (κ3) is 4.13. The normalized spacial score (nSPS) is 47.6. The van der Waals surface area contributed by atoms with Gasteiger partial charge in [-0.05, 0) is 13.3 Å². The molecule has 0 aromatic rings. The fourth-order valence-corrected chi connectivity index (χ4v) is 3.02. The molecule has 1 heterocycles. The van der Waals surface area contributed by atoms with Crippen LogP contribution in [0.5, 0.6) is 0 Å². The molecule has 2 rings (SSSR count). The Bertz CT molecular complexity index is 532. The van der Waals surface area contributed by atoms with Gasteiger partial charge in [-0.15, -0.1) is 0 Å². The molecule has 10 N–H and O–H groups in total. The Morgan fingerprint density at radius 1 is 1.08 bits per heavy atom. The first-order valence-corrected chi connectivity index (χ1v) is 8.08. The van der Waals surface area contributed by atoms with Crippen LogP contribution < -0.4 is 11.5 Å². The van der Waals surface area contributed by atoms with Crippen LogP contribution in [-0.4, -0.2) is 104 Å². The predicted molar refractivity (Wildman–Crippen MR) is 84.9 cm³/mol. The molecular formula is C14H25N3O9. The summed E-state index contributed by atoms with van der Waals surface area (Å²) in [7, 11) is 0. The largest absolute Gasteiger partial charge is 0.475 e. The second-order valence-electron chi connectivity index (χ2n) is 6.55. The summed E-state index contributed by atoms with van der Waals surface area (Å²) in [5.74, 6) is -1.96. The van der Waals surface area contributed by atoms with Gasteiger partial charge in [0.1, 0.15) is 36.6 Å². The number of ether oxygens (including phenoxy) is 2. The molecule has 12 heteroatoms. The molecule has 2 fully saturated rings. The van der Waals surface area contributed by atoms with Crippen LogP contribution in [0.3, 0.4) is 0 Å². The first-order chi connectivity index (χ1) is 12.0. The molecule has 1 saturated heterocycles. The standard InChI is InChI=1S/C14H25N3O9/c1-3-5(17-12(16)13(23)24)2-4(15)14(25-3)26-11-9(21)7(19)6(18)8(20)10(11)22/h3-11,14,18-22H,2,15H2,1H3,(H2,16,17)(H,23,24)/t3-,4+,5+,6?,7-,8+,9+,10+,11?,14+/m1/s1. The minimum atomic E-state index is -1.74. The van der Waals surface area contributed by atoms with E-state index in [2.05, 4.69) is 4.99 Å². The number of hydrogen-bond acceptors (Lipinski definition) is 10. The molecule has 1 aliphatic carbocycles. The molecule has 10 atom stereocenters. The van der Waals surface area contributed by atoms with Crippen molar-refractivity contribution in [1.82, 2.24) is 0 Å². The Morgan fingerprint density at radius 2 is 1.58 bits per heavy atom. The van der Waals surface area contributed by atoms with E-state index in [1.54, 1.807) is 6.92 Å².